The minimum atomic E-state index is -0.276. The van der Waals surface area contributed by atoms with Gasteiger partial charge in [0, 0.05) is 31.9 Å². The number of nitrogens with zero attached hydrogens (tertiary/aromatic N) is 3. The van der Waals surface area contributed by atoms with Crippen molar-refractivity contribution in [3.05, 3.63) is 18.7 Å². The first-order valence-electron chi connectivity index (χ1n) is 6.97. The Kier molecular flexibility index (Phi) is 3.43. The SMILES string of the molecule is NC1=NC[C@@]2(CCNCC2C(=O)CCn2ccnc2)N1. The van der Waals surface area contributed by atoms with Crippen LogP contribution in [0.4, 0.5) is 0 Å². The summed E-state index contributed by atoms with van der Waals surface area (Å²) in [5.74, 6) is 0.632. The van der Waals surface area contributed by atoms with Crippen molar-refractivity contribution in [2.45, 2.75) is 24.9 Å². The zero-order chi connectivity index (χ0) is 14.0. The van der Waals surface area contributed by atoms with E-state index in [0.29, 0.717) is 32.0 Å². The molecule has 0 amide bonds. The summed E-state index contributed by atoms with van der Waals surface area (Å²) < 4.78 is 1.92. The van der Waals surface area contributed by atoms with Crippen molar-refractivity contribution in [1.29, 1.82) is 0 Å². The minimum absolute atomic E-state index is 0.0791. The molecule has 2 aliphatic rings. The molecule has 1 saturated heterocycles. The Morgan fingerprint density at radius 2 is 2.50 bits per heavy atom. The fraction of sp³-hybridized carbons (Fsp3) is 0.615. The molecule has 0 saturated carbocycles. The second kappa shape index (κ2) is 5.24. The monoisotopic (exact) mass is 276 g/mol. The van der Waals surface area contributed by atoms with Gasteiger partial charge in [-0.15, -0.1) is 0 Å². The van der Waals surface area contributed by atoms with E-state index in [4.69, 9.17) is 5.73 Å². The highest BCUT2D eigenvalue weighted by Crippen LogP contribution is 2.29. The standard InChI is InChI=1S/C13H20N6O/c14-12-17-8-13(18-12)2-3-15-7-10(13)11(20)1-5-19-6-4-16-9-19/h4,6,9-10,15H,1-3,5,7-8H2,(H3,14,17,18)/t10?,13-/m1/s1. The lowest BCUT2D eigenvalue weighted by Gasteiger charge is -2.40. The zero-order valence-corrected chi connectivity index (χ0v) is 11.4. The molecule has 7 heteroatoms. The second-order valence-corrected chi connectivity index (χ2v) is 5.51. The van der Waals surface area contributed by atoms with Crippen molar-refractivity contribution in [1.82, 2.24) is 20.2 Å². The third-order valence-electron chi connectivity index (χ3n) is 4.24. The topological polar surface area (TPSA) is 97.3 Å². The summed E-state index contributed by atoms with van der Waals surface area (Å²) in [6.07, 6.45) is 6.71. The highest BCUT2D eigenvalue weighted by atomic mass is 16.1. The third-order valence-corrected chi connectivity index (χ3v) is 4.24. The molecule has 20 heavy (non-hydrogen) atoms. The average molecular weight is 276 g/mol. The lowest BCUT2D eigenvalue weighted by atomic mass is 9.76. The summed E-state index contributed by atoms with van der Waals surface area (Å²) in [7, 11) is 0. The maximum Gasteiger partial charge on any atom is 0.189 e. The molecule has 3 rings (SSSR count). The minimum Gasteiger partial charge on any atom is -0.370 e. The lowest BCUT2D eigenvalue weighted by Crippen LogP contribution is -2.62. The van der Waals surface area contributed by atoms with E-state index in [9.17, 15) is 4.79 Å². The first-order chi connectivity index (χ1) is 9.70. The number of imidazole rings is 1. The van der Waals surface area contributed by atoms with Gasteiger partial charge < -0.3 is 20.9 Å². The Morgan fingerprint density at radius 1 is 1.60 bits per heavy atom. The number of hydrogen-bond acceptors (Lipinski definition) is 6. The van der Waals surface area contributed by atoms with Crippen LogP contribution in [0.25, 0.3) is 0 Å². The molecule has 108 valence electrons. The zero-order valence-electron chi connectivity index (χ0n) is 11.4. The van der Waals surface area contributed by atoms with Crippen LogP contribution in [0.1, 0.15) is 12.8 Å². The van der Waals surface area contributed by atoms with Crippen molar-refractivity contribution < 1.29 is 4.79 Å². The highest BCUT2D eigenvalue weighted by molar-refractivity contribution is 5.86. The van der Waals surface area contributed by atoms with Gasteiger partial charge in [0.15, 0.2) is 5.96 Å². The fourth-order valence-electron chi connectivity index (χ4n) is 3.08. The Hall–Kier alpha value is -1.89. The molecule has 1 aromatic heterocycles. The lowest BCUT2D eigenvalue weighted by molar-refractivity contribution is -0.125. The summed E-state index contributed by atoms with van der Waals surface area (Å²) in [5, 5.41) is 6.54. The quantitative estimate of drug-likeness (QED) is 0.663. The van der Waals surface area contributed by atoms with Crippen LogP contribution in [-0.2, 0) is 11.3 Å². The first-order valence-corrected chi connectivity index (χ1v) is 6.97. The van der Waals surface area contributed by atoms with Gasteiger partial charge in [-0.3, -0.25) is 9.79 Å². The molecule has 3 heterocycles. The van der Waals surface area contributed by atoms with Crippen LogP contribution in [0.2, 0.25) is 0 Å². The van der Waals surface area contributed by atoms with Crippen LogP contribution in [0.15, 0.2) is 23.7 Å². The van der Waals surface area contributed by atoms with Crippen LogP contribution in [0, 0.1) is 5.92 Å². The second-order valence-electron chi connectivity index (χ2n) is 5.51. The Morgan fingerprint density at radius 3 is 3.20 bits per heavy atom. The number of rotatable bonds is 4. The van der Waals surface area contributed by atoms with Crippen molar-refractivity contribution >= 4 is 11.7 Å². The third kappa shape index (κ3) is 2.40. The molecule has 1 aromatic rings. The molecule has 1 unspecified atom stereocenters. The number of piperidine rings is 1. The van der Waals surface area contributed by atoms with Gasteiger partial charge in [-0.2, -0.15) is 0 Å². The molecule has 7 nitrogen and oxygen atoms in total. The number of aromatic nitrogens is 2. The van der Waals surface area contributed by atoms with Gasteiger partial charge in [0.05, 0.1) is 24.3 Å². The van der Waals surface area contributed by atoms with Crippen molar-refractivity contribution in [2.24, 2.45) is 16.6 Å². The van der Waals surface area contributed by atoms with Crippen molar-refractivity contribution in [2.75, 3.05) is 19.6 Å². The average Bonchev–Trinajstić information content (AvgIpc) is 3.07. The van der Waals surface area contributed by atoms with Gasteiger partial charge in [-0.25, -0.2) is 4.98 Å². The molecule has 0 aromatic carbocycles. The highest BCUT2D eigenvalue weighted by Gasteiger charge is 2.46. The van der Waals surface area contributed by atoms with Gasteiger partial charge in [0.2, 0.25) is 0 Å². The predicted molar refractivity (Wildman–Crippen MR) is 75.2 cm³/mol. The van der Waals surface area contributed by atoms with Crippen LogP contribution in [-0.4, -0.2) is 46.5 Å². The molecule has 1 fully saturated rings. The number of aliphatic imine (C=N–C) groups is 1. The molecule has 2 atom stereocenters. The molecular weight excluding hydrogens is 256 g/mol. The number of nitrogens with one attached hydrogen (secondary N) is 2. The number of guanidine groups is 1. The Balaban J connectivity index is 1.65. The normalized spacial score (nSPS) is 29.2. The maximum absolute atomic E-state index is 12.6. The molecule has 1 spiro atoms. The van der Waals surface area contributed by atoms with E-state index in [1.54, 1.807) is 12.5 Å². The number of ketones is 1. The molecule has 0 bridgehead atoms. The molecule has 2 aliphatic heterocycles. The molecule has 4 N–H and O–H groups in total. The predicted octanol–water partition coefficient (Wildman–Crippen LogP) is -0.891. The first kappa shape index (κ1) is 13.1. The Bertz CT molecular complexity index is 511. The molecule has 0 aliphatic carbocycles. The van der Waals surface area contributed by atoms with E-state index in [0.717, 1.165) is 13.0 Å². The number of aryl methyl sites for hydroxylation is 1. The van der Waals surface area contributed by atoms with E-state index >= 15 is 0 Å². The summed E-state index contributed by atoms with van der Waals surface area (Å²) in [6, 6.07) is 0. The van der Waals surface area contributed by atoms with Crippen LogP contribution in [0.3, 0.4) is 0 Å². The van der Waals surface area contributed by atoms with E-state index in [-0.39, 0.29) is 17.2 Å². The van der Waals surface area contributed by atoms with Gasteiger partial charge in [-0.05, 0) is 13.0 Å². The Labute approximate surface area is 117 Å². The number of hydrogen-bond donors (Lipinski definition) is 3. The maximum atomic E-state index is 12.6. The summed E-state index contributed by atoms with van der Waals surface area (Å²) >= 11 is 0. The van der Waals surface area contributed by atoms with E-state index < -0.39 is 0 Å². The summed E-state index contributed by atoms with van der Waals surface area (Å²) in [6.45, 7) is 2.85. The summed E-state index contributed by atoms with van der Waals surface area (Å²) in [5.41, 5.74) is 5.47. The number of carbonyl (C=O) groups is 1. The number of Topliss-reactive ketones (excluding diaryl/α,β-unsaturated/α-hetero) is 1. The fourth-order valence-corrected chi connectivity index (χ4v) is 3.08. The van der Waals surface area contributed by atoms with Gasteiger partial charge in [0.25, 0.3) is 0 Å². The van der Waals surface area contributed by atoms with Crippen molar-refractivity contribution in [3.8, 4) is 0 Å². The van der Waals surface area contributed by atoms with Gasteiger partial charge in [-0.1, -0.05) is 0 Å². The van der Waals surface area contributed by atoms with Crippen LogP contribution in [0.5, 0.6) is 0 Å². The van der Waals surface area contributed by atoms with E-state index in [1.807, 2.05) is 10.8 Å². The number of nitrogens with two attached hydrogens (primary N) is 1. The van der Waals surface area contributed by atoms with E-state index in [2.05, 4.69) is 20.6 Å². The smallest absolute Gasteiger partial charge is 0.189 e. The molecular formula is C13H20N6O. The van der Waals surface area contributed by atoms with Crippen molar-refractivity contribution in [3.63, 3.8) is 0 Å². The molecule has 0 radical (unpaired) electrons. The largest absolute Gasteiger partial charge is 0.370 e. The van der Waals surface area contributed by atoms with E-state index in [1.165, 1.54) is 0 Å². The van der Waals surface area contributed by atoms with Gasteiger partial charge in [0.1, 0.15) is 5.78 Å². The van der Waals surface area contributed by atoms with Gasteiger partial charge >= 0.3 is 0 Å². The van der Waals surface area contributed by atoms with Crippen LogP contribution >= 0.6 is 0 Å². The summed E-state index contributed by atoms with van der Waals surface area (Å²) in [4.78, 5) is 20.8. The number of carbonyl (C=O) groups excluding carboxylic acids is 1. The van der Waals surface area contributed by atoms with Crippen LogP contribution < -0.4 is 16.4 Å².